The summed E-state index contributed by atoms with van der Waals surface area (Å²) in [4.78, 5) is -2.53. The topological polar surface area (TPSA) is 397 Å². The first-order valence-corrected chi connectivity index (χ1v) is 30.7. The first kappa shape index (κ1) is 57.3. The smallest absolute Gasteiger partial charge is 0.296 e. The Morgan fingerprint density at radius 2 is 1.05 bits per heavy atom. The molecule has 81 heavy (non-hydrogen) atoms. The number of aromatic hydroxyl groups is 1. The quantitative estimate of drug-likeness (QED) is 0.0225. The maximum absolute atomic E-state index is 12.8. The summed E-state index contributed by atoms with van der Waals surface area (Å²) in [7, 11) is -23.9. The Labute approximate surface area is 460 Å². The van der Waals surface area contributed by atoms with Crippen LogP contribution in [0.2, 0.25) is 0 Å². The molecular weight excluding hydrogens is 1160 g/mol. The molecule has 7 N–H and O–H groups in total. The van der Waals surface area contributed by atoms with Crippen molar-refractivity contribution in [1.82, 2.24) is 0 Å². The highest BCUT2D eigenvalue weighted by Gasteiger charge is 2.24. The monoisotopic (exact) mass is 1200 g/mol. The van der Waals surface area contributed by atoms with Crippen molar-refractivity contribution >= 4 is 139 Å². The molecule has 0 aromatic heterocycles. The molecule has 0 saturated carbocycles. The van der Waals surface area contributed by atoms with Gasteiger partial charge in [-0.25, -0.2) is 0 Å². The summed E-state index contributed by atoms with van der Waals surface area (Å²) < 4.78 is 183. The Bertz CT molecular complexity index is 4740. The minimum absolute atomic E-state index is 0.0102. The minimum Gasteiger partial charge on any atom is -0.505 e. The Morgan fingerprint density at radius 3 is 1.68 bits per heavy atom. The van der Waals surface area contributed by atoms with Gasteiger partial charge in [0.25, 0.3) is 50.6 Å². The molecule has 30 heteroatoms. The van der Waals surface area contributed by atoms with Crippen LogP contribution in [0, 0.1) is 0 Å². The lowest BCUT2D eigenvalue weighted by molar-refractivity contribution is 0.319. The molecular formula is C51H41N7O18S5. The van der Waals surface area contributed by atoms with Gasteiger partial charge in [0.1, 0.15) is 27.8 Å². The van der Waals surface area contributed by atoms with E-state index in [1.807, 2.05) is 6.07 Å². The number of hydrogen-bond acceptors (Lipinski definition) is 20. The van der Waals surface area contributed by atoms with E-state index in [1.54, 1.807) is 37.3 Å². The van der Waals surface area contributed by atoms with Crippen molar-refractivity contribution in [3.8, 4) is 17.2 Å². The number of nitrogens with zero attached hydrogens (tertiary/aromatic N) is 6. The van der Waals surface area contributed by atoms with E-state index in [0.717, 1.165) is 42.5 Å². The molecule has 9 aromatic carbocycles. The molecule has 418 valence electrons. The molecule has 9 aromatic rings. The van der Waals surface area contributed by atoms with Crippen LogP contribution in [0.15, 0.2) is 190 Å². The maximum Gasteiger partial charge on any atom is 0.296 e. The van der Waals surface area contributed by atoms with Crippen molar-refractivity contribution in [2.24, 2.45) is 30.7 Å². The van der Waals surface area contributed by atoms with Gasteiger partial charge >= 0.3 is 0 Å². The van der Waals surface area contributed by atoms with E-state index < -0.39 is 87.4 Å². The molecule has 0 spiro atoms. The van der Waals surface area contributed by atoms with Crippen LogP contribution in [-0.4, -0.2) is 88.9 Å². The number of phenols is 1. The third kappa shape index (κ3) is 13.1. The second-order valence-electron chi connectivity index (χ2n) is 17.5. The van der Waals surface area contributed by atoms with E-state index in [2.05, 4.69) is 36.0 Å². The molecule has 0 atom stereocenters. The Morgan fingerprint density at radius 1 is 0.444 bits per heavy atom. The van der Waals surface area contributed by atoms with Gasteiger partial charge in [-0.15, -0.1) is 25.6 Å². The van der Waals surface area contributed by atoms with Gasteiger partial charge < -0.3 is 19.9 Å². The minimum atomic E-state index is -5.09. The fourth-order valence-corrected chi connectivity index (χ4v) is 11.0. The largest absolute Gasteiger partial charge is 0.505 e. The van der Waals surface area contributed by atoms with E-state index >= 15 is 0 Å². The molecule has 0 radical (unpaired) electrons. The molecule has 0 unspecified atom stereocenters. The van der Waals surface area contributed by atoms with Crippen molar-refractivity contribution in [1.29, 1.82) is 0 Å². The van der Waals surface area contributed by atoms with Gasteiger partial charge in [-0.1, -0.05) is 36.4 Å². The first-order valence-electron chi connectivity index (χ1n) is 23.4. The molecule has 0 bridgehead atoms. The number of hydrogen-bond donors (Lipinski definition) is 7. The number of rotatable bonds is 19. The lowest BCUT2D eigenvalue weighted by Gasteiger charge is -2.13. The van der Waals surface area contributed by atoms with Gasteiger partial charge in [-0.3, -0.25) is 22.8 Å². The number of benzene rings is 9. The second-order valence-corrected chi connectivity index (χ2v) is 24.7. The second kappa shape index (κ2) is 22.2. The van der Waals surface area contributed by atoms with Crippen LogP contribution >= 0.6 is 0 Å². The maximum atomic E-state index is 12.8. The van der Waals surface area contributed by atoms with Crippen molar-refractivity contribution in [2.75, 3.05) is 24.3 Å². The number of azo groups is 3. The molecule has 0 heterocycles. The van der Waals surface area contributed by atoms with E-state index in [1.165, 1.54) is 60.7 Å². The van der Waals surface area contributed by atoms with Crippen LogP contribution in [0.4, 0.5) is 45.5 Å². The molecule has 25 nitrogen and oxygen atoms in total. The standard InChI is InChI=1S/C51H41N7O18S5/c1-2-75-47-28-45(56-53-33-10-9-29-22-36(80(69,70)71)27-46(40(29)24-33)76-19-6-20-77(60,61)62)42-26-35(79(66,67)68)13-16-39(42)49(47)57-54-43-17-18-44(41-25-34(78(63,64)65)12-15-38(41)43)55-58-50-48(81(72,73)74)23-30-21-32(11-14-37(30)51(50)59)52-31-7-4-3-5-8-31/h3-5,7-18,21-28,52,59H,2,6,19-20H2,1H3,(H,60,61,62)(H,63,64,65)(H,66,67,68)(H,69,70,71)(H,72,73,74). The Balaban J connectivity index is 1.13. The van der Waals surface area contributed by atoms with Crippen molar-refractivity contribution in [3.05, 3.63) is 140 Å². The van der Waals surface area contributed by atoms with E-state index in [0.29, 0.717) is 11.4 Å². The summed E-state index contributed by atoms with van der Waals surface area (Å²) >= 11 is 0. The first-order chi connectivity index (χ1) is 38.1. The lowest BCUT2D eigenvalue weighted by Crippen LogP contribution is -2.09. The van der Waals surface area contributed by atoms with Crippen molar-refractivity contribution in [2.45, 2.75) is 32.9 Å². The highest BCUT2D eigenvalue weighted by molar-refractivity contribution is 7.86. The molecule has 0 aliphatic carbocycles. The van der Waals surface area contributed by atoms with Crippen LogP contribution in [0.25, 0.3) is 43.1 Å². The van der Waals surface area contributed by atoms with Gasteiger partial charge in [-0.2, -0.15) is 47.2 Å². The Hall–Kier alpha value is -8.43. The average Bonchev–Trinajstić information content (AvgIpc) is 3.53. The summed E-state index contributed by atoms with van der Waals surface area (Å²) in [5.74, 6) is -1.45. The van der Waals surface area contributed by atoms with E-state index in [4.69, 9.17) is 14.0 Å². The summed E-state index contributed by atoms with van der Waals surface area (Å²) in [5.41, 5.74) is 0.459. The van der Waals surface area contributed by atoms with Crippen LogP contribution in [-0.2, 0) is 50.6 Å². The zero-order valence-corrected chi connectivity index (χ0v) is 45.5. The van der Waals surface area contributed by atoms with Crippen LogP contribution in [0.5, 0.6) is 17.2 Å². The highest BCUT2D eigenvalue weighted by atomic mass is 32.2. The number of phenolic OH excluding ortho intramolecular Hbond substituents is 1. The van der Waals surface area contributed by atoms with Gasteiger partial charge in [0.05, 0.1) is 56.4 Å². The SMILES string of the molecule is CCOc1cc(N=Nc2ccc3cc(S(=O)(=O)O)cc(OCCCS(=O)(=O)O)c3c2)c2cc(S(=O)(=O)O)ccc2c1N=Nc1ccc(N=Nc2c(S(=O)(=O)O)cc3cc(Nc4ccccc4)ccc3c2O)c2cc(S(=O)(=O)O)ccc12. The summed E-state index contributed by atoms with van der Waals surface area (Å²) in [6.45, 7) is 1.36. The van der Waals surface area contributed by atoms with Crippen molar-refractivity contribution in [3.63, 3.8) is 0 Å². The normalized spacial score (nSPS) is 12.9. The van der Waals surface area contributed by atoms with Gasteiger partial charge in [0.2, 0.25) is 0 Å². The molecule has 0 aliphatic heterocycles. The highest BCUT2D eigenvalue weighted by Crippen LogP contribution is 2.47. The third-order valence-electron chi connectivity index (χ3n) is 12.0. The number of para-hydroxylation sites is 1. The summed E-state index contributed by atoms with van der Waals surface area (Å²) in [6.07, 6.45) is -0.194. The fourth-order valence-electron chi connectivity index (χ4n) is 8.36. The van der Waals surface area contributed by atoms with Crippen LogP contribution in [0.1, 0.15) is 13.3 Å². The van der Waals surface area contributed by atoms with Gasteiger partial charge in [-0.05, 0) is 115 Å². The molecule has 9 rings (SSSR count). The third-order valence-corrected chi connectivity index (χ3v) is 16.2. The van der Waals surface area contributed by atoms with Gasteiger partial charge in [0, 0.05) is 55.8 Å². The predicted octanol–water partition coefficient (Wildman–Crippen LogP) is 12.0. The molecule has 0 amide bonds. The summed E-state index contributed by atoms with van der Waals surface area (Å²) in [5, 5.41) is 41.4. The molecule has 0 saturated heterocycles. The molecule has 0 fully saturated rings. The van der Waals surface area contributed by atoms with Crippen molar-refractivity contribution < 1.29 is 79.4 Å². The van der Waals surface area contributed by atoms with Gasteiger partial charge in [0.15, 0.2) is 5.75 Å². The lowest BCUT2D eigenvalue weighted by atomic mass is 10.1. The zero-order valence-electron chi connectivity index (χ0n) is 41.4. The number of ether oxygens (including phenoxy) is 2. The molecule has 0 aliphatic rings. The number of fused-ring (bicyclic) bond motifs is 4. The van der Waals surface area contributed by atoms with E-state index in [9.17, 15) is 65.4 Å². The zero-order chi connectivity index (χ0) is 58.2. The van der Waals surface area contributed by atoms with Crippen LogP contribution in [0.3, 0.4) is 0 Å². The van der Waals surface area contributed by atoms with E-state index in [-0.39, 0.29) is 103 Å². The number of nitrogens with one attached hydrogen (secondary N) is 1. The Kier molecular flexibility index (Phi) is 15.7. The van der Waals surface area contributed by atoms with Crippen LogP contribution < -0.4 is 14.8 Å². The number of anilines is 2. The fraction of sp³-hybridized carbons (Fsp3) is 0.0980. The predicted molar refractivity (Wildman–Crippen MR) is 297 cm³/mol. The summed E-state index contributed by atoms with van der Waals surface area (Å²) in [6, 6.07) is 31.9. The average molecular weight is 1200 g/mol.